The second kappa shape index (κ2) is 5.32. The Labute approximate surface area is 93.2 Å². The van der Waals surface area contributed by atoms with Crippen LogP contribution in [-0.4, -0.2) is 25.0 Å². The molecule has 1 unspecified atom stereocenters. The molecule has 0 spiro atoms. The van der Waals surface area contributed by atoms with Crippen LogP contribution in [0.5, 0.6) is 0 Å². The summed E-state index contributed by atoms with van der Waals surface area (Å²) >= 11 is 0. The molecule has 0 N–H and O–H groups in total. The van der Waals surface area contributed by atoms with Crippen molar-refractivity contribution in [1.29, 1.82) is 0 Å². The zero-order chi connectivity index (χ0) is 10.5. The summed E-state index contributed by atoms with van der Waals surface area (Å²) in [6.07, 6.45) is 16.5. The maximum atomic E-state index is 2.51. The molecule has 0 aromatic carbocycles. The second-order valence-electron chi connectivity index (χ2n) is 4.68. The van der Waals surface area contributed by atoms with Crippen LogP contribution >= 0.6 is 0 Å². The van der Waals surface area contributed by atoms with Crippen molar-refractivity contribution in [3.8, 4) is 0 Å². The van der Waals surface area contributed by atoms with Crippen molar-refractivity contribution in [3.05, 3.63) is 36.0 Å². The standard InChI is InChI=1S/C14H21N/c1-15-10-8-14(9-11-15)12-13-6-4-2-3-5-7-13/h2-4,6,12-13H,5,7-11H2,1H3. The molecular formula is C14H21N. The number of allylic oxidation sites excluding steroid dienone is 5. The smallest absolute Gasteiger partial charge is 0.00157 e. The summed E-state index contributed by atoms with van der Waals surface area (Å²) in [6.45, 7) is 2.47. The number of piperidine rings is 1. The van der Waals surface area contributed by atoms with Crippen LogP contribution in [0.1, 0.15) is 25.7 Å². The Kier molecular flexibility index (Phi) is 3.79. The van der Waals surface area contributed by atoms with Crippen molar-refractivity contribution in [2.75, 3.05) is 20.1 Å². The van der Waals surface area contributed by atoms with Crippen molar-refractivity contribution in [1.82, 2.24) is 4.90 Å². The molecule has 0 aromatic heterocycles. The average molecular weight is 203 g/mol. The van der Waals surface area contributed by atoms with Gasteiger partial charge in [-0.25, -0.2) is 0 Å². The van der Waals surface area contributed by atoms with Gasteiger partial charge in [0.2, 0.25) is 0 Å². The fourth-order valence-electron chi connectivity index (χ4n) is 2.28. The van der Waals surface area contributed by atoms with Gasteiger partial charge >= 0.3 is 0 Å². The number of likely N-dealkylation sites (tertiary alicyclic amines) is 1. The minimum absolute atomic E-state index is 0.679. The first-order valence-corrected chi connectivity index (χ1v) is 6.06. The van der Waals surface area contributed by atoms with Crippen LogP contribution in [0.25, 0.3) is 0 Å². The fourth-order valence-corrected chi connectivity index (χ4v) is 2.28. The SMILES string of the molecule is CN1CCC(=CC2C=CC=CCC2)CC1. The molecule has 1 saturated heterocycles. The van der Waals surface area contributed by atoms with Crippen molar-refractivity contribution in [3.63, 3.8) is 0 Å². The third kappa shape index (κ3) is 3.35. The van der Waals surface area contributed by atoms with Crippen LogP contribution in [0.3, 0.4) is 0 Å². The molecule has 0 amide bonds. The molecule has 1 nitrogen and oxygen atoms in total. The monoisotopic (exact) mass is 203 g/mol. The Bertz CT molecular complexity index is 276. The minimum Gasteiger partial charge on any atom is -0.306 e. The lowest BCUT2D eigenvalue weighted by atomic mass is 9.95. The molecule has 15 heavy (non-hydrogen) atoms. The van der Waals surface area contributed by atoms with E-state index in [2.05, 4.69) is 42.3 Å². The van der Waals surface area contributed by atoms with Gasteiger partial charge in [0.15, 0.2) is 0 Å². The molecule has 0 bridgehead atoms. The van der Waals surface area contributed by atoms with E-state index in [-0.39, 0.29) is 0 Å². The largest absolute Gasteiger partial charge is 0.306 e. The van der Waals surface area contributed by atoms with Crippen molar-refractivity contribution in [2.24, 2.45) is 5.92 Å². The quantitative estimate of drug-likeness (QED) is 0.592. The van der Waals surface area contributed by atoms with Gasteiger partial charge in [-0.05, 0) is 38.6 Å². The fraction of sp³-hybridized carbons (Fsp3) is 0.571. The van der Waals surface area contributed by atoms with Gasteiger partial charge in [0.25, 0.3) is 0 Å². The predicted octanol–water partition coefficient (Wildman–Crippen LogP) is 3.16. The number of nitrogens with zero attached hydrogens (tertiary/aromatic N) is 1. The predicted molar refractivity (Wildman–Crippen MR) is 65.8 cm³/mol. The number of hydrogen-bond donors (Lipinski definition) is 0. The molecule has 0 saturated carbocycles. The van der Waals surface area contributed by atoms with Crippen LogP contribution in [0, 0.1) is 5.92 Å². The summed E-state index contributed by atoms with van der Waals surface area (Å²) in [6, 6.07) is 0. The Balaban J connectivity index is 1.91. The highest BCUT2D eigenvalue weighted by atomic mass is 15.1. The molecular weight excluding hydrogens is 182 g/mol. The van der Waals surface area contributed by atoms with E-state index in [4.69, 9.17) is 0 Å². The molecule has 1 aliphatic heterocycles. The average Bonchev–Trinajstić information content (AvgIpc) is 2.50. The van der Waals surface area contributed by atoms with E-state index in [1.165, 1.54) is 38.8 Å². The number of hydrogen-bond acceptors (Lipinski definition) is 1. The second-order valence-corrected chi connectivity index (χ2v) is 4.68. The molecule has 1 heteroatoms. The Morgan fingerprint density at radius 3 is 2.87 bits per heavy atom. The molecule has 2 rings (SSSR count). The van der Waals surface area contributed by atoms with Gasteiger partial charge in [-0.2, -0.15) is 0 Å². The third-order valence-corrected chi connectivity index (χ3v) is 3.35. The topological polar surface area (TPSA) is 3.24 Å². The first kappa shape index (κ1) is 10.7. The van der Waals surface area contributed by atoms with E-state index in [0.29, 0.717) is 5.92 Å². The summed E-state index contributed by atoms with van der Waals surface area (Å²) in [4.78, 5) is 2.42. The maximum absolute atomic E-state index is 2.51. The zero-order valence-electron chi connectivity index (χ0n) is 9.65. The summed E-state index contributed by atoms with van der Waals surface area (Å²) in [5.41, 5.74) is 1.67. The molecule has 1 fully saturated rings. The Hall–Kier alpha value is -0.820. The molecule has 0 radical (unpaired) electrons. The first-order chi connectivity index (χ1) is 7.34. The van der Waals surface area contributed by atoms with Gasteiger partial charge < -0.3 is 4.90 Å². The van der Waals surface area contributed by atoms with Crippen molar-refractivity contribution in [2.45, 2.75) is 25.7 Å². The van der Waals surface area contributed by atoms with E-state index >= 15 is 0 Å². The lowest BCUT2D eigenvalue weighted by Crippen LogP contribution is -2.26. The van der Waals surface area contributed by atoms with Gasteiger partial charge in [0.05, 0.1) is 0 Å². The van der Waals surface area contributed by atoms with E-state index in [9.17, 15) is 0 Å². The van der Waals surface area contributed by atoms with Gasteiger partial charge in [-0.15, -0.1) is 0 Å². The van der Waals surface area contributed by atoms with Crippen LogP contribution in [0.15, 0.2) is 36.0 Å². The van der Waals surface area contributed by atoms with Crippen molar-refractivity contribution >= 4 is 0 Å². The van der Waals surface area contributed by atoms with E-state index in [1.54, 1.807) is 5.57 Å². The van der Waals surface area contributed by atoms with E-state index < -0.39 is 0 Å². The molecule has 0 aromatic rings. The van der Waals surface area contributed by atoms with Gasteiger partial charge in [0, 0.05) is 13.1 Å². The normalized spacial score (nSPS) is 27.8. The van der Waals surface area contributed by atoms with E-state index in [1.807, 2.05) is 0 Å². The van der Waals surface area contributed by atoms with Crippen LogP contribution < -0.4 is 0 Å². The van der Waals surface area contributed by atoms with Gasteiger partial charge in [-0.1, -0.05) is 36.0 Å². The Morgan fingerprint density at radius 2 is 2.07 bits per heavy atom. The molecule has 1 atom stereocenters. The van der Waals surface area contributed by atoms with Crippen LogP contribution in [-0.2, 0) is 0 Å². The van der Waals surface area contributed by atoms with Gasteiger partial charge in [-0.3, -0.25) is 0 Å². The highest BCUT2D eigenvalue weighted by Crippen LogP contribution is 2.21. The van der Waals surface area contributed by atoms with E-state index in [0.717, 1.165) is 0 Å². The summed E-state index contributed by atoms with van der Waals surface area (Å²) < 4.78 is 0. The van der Waals surface area contributed by atoms with Crippen LogP contribution in [0.2, 0.25) is 0 Å². The molecule has 1 aliphatic carbocycles. The maximum Gasteiger partial charge on any atom is 0.00157 e. The lowest BCUT2D eigenvalue weighted by Gasteiger charge is -2.24. The van der Waals surface area contributed by atoms with Gasteiger partial charge in [0.1, 0.15) is 0 Å². The highest BCUT2D eigenvalue weighted by Gasteiger charge is 2.11. The first-order valence-electron chi connectivity index (χ1n) is 6.06. The molecule has 82 valence electrons. The lowest BCUT2D eigenvalue weighted by molar-refractivity contribution is 0.311. The van der Waals surface area contributed by atoms with Crippen molar-refractivity contribution < 1.29 is 0 Å². The Morgan fingerprint density at radius 1 is 1.27 bits per heavy atom. The zero-order valence-corrected chi connectivity index (χ0v) is 9.65. The minimum atomic E-state index is 0.679. The summed E-state index contributed by atoms with van der Waals surface area (Å²) in [5.74, 6) is 0.679. The third-order valence-electron chi connectivity index (χ3n) is 3.35. The molecule has 1 heterocycles. The highest BCUT2D eigenvalue weighted by molar-refractivity contribution is 5.16. The number of rotatable bonds is 1. The summed E-state index contributed by atoms with van der Waals surface area (Å²) in [7, 11) is 2.21. The molecule has 2 aliphatic rings. The van der Waals surface area contributed by atoms with Crippen LogP contribution in [0.4, 0.5) is 0 Å². The summed E-state index contributed by atoms with van der Waals surface area (Å²) in [5, 5.41) is 0.